The summed E-state index contributed by atoms with van der Waals surface area (Å²) in [6.07, 6.45) is 1.74. The number of nitroso groups, excluding NO2 is 1. The van der Waals surface area contributed by atoms with Crippen molar-refractivity contribution in [2.45, 2.75) is 19.4 Å². The molecule has 2 aromatic rings. The number of nitrogens with zero attached hydrogens (tertiary/aromatic N) is 3. The third-order valence-corrected chi connectivity index (χ3v) is 3.35. The monoisotopic (exact) mass is 284 g/mol. The van der Waals surface area contributed by atoms with Crippen LogP contribution < -0.4 is 15.4 Å². The van der Waals surface area contributed by atoms with Crippen LogP contribution in [0.3, 0.4) is 0 Å². The van der Waals surface area contributed by atoms with Crippen LogP contribution in [0.4, 0.5) is 22.9 Å². The van der Waals surface area contributed by atoms with Gasteiger partial charge in [-0.1, -0.05) is 6.07 Å². The van der Waals surface area contributed by atoms with Gasteiger partial charge < -0.3 is 15.4 Å². The third kappa shape index (κ3) is 2.40. The first kappa shape index (κ1) is 13.4. The van der Waals surface area contributed by atoms with Gasteiger partial charge >= 0.3 is 0 Å². The number of hydrogen-bond donors (Lipinski definition) is 1. The van der Waals surface area contributed by atoms with Crippen LogP contribution in [-0.4, -0.2) is 17.1 Å². The Kier molecular flexibility index (Phi) is 3.01. The van der Waals surface area contributed by atoms with Crippen molar-refractivity contribution in [3.8, 4) is 5.75 Å². The minimum Gasteiger partial charge on any atom is -0.484 e. The lowest BCUT2D eigenvalue weighted by Crippen LogP contribution is -2.45. The predicted molar refractivity (Wildman–Crippen MR) is 82.3 cm³/mol. The third-order valence-electron chi connectivity index (χ3n) is 3.35. The van der Waals surface area contributed by atoms with Crippen LogP contribution in [0.25, 0.3) is 0 Å². The fourth-order valence-corrected chi connectivity index (χ4v) is 2.46. The van der Waals surface area contributed by atoms with Crippen molar-refractivity contribution in [2.24, 2.45) is 5.18 Å². The molecular weight excluding hydrogens is 268 g/mol. The summed E-state index contributed by atoms with van der Waals surface area (Å²) >= 11 is 0. The highest BCUT2D eigenvalue weighted by Gasteiger charge is 2.33. The zero-order valence-corrected chi connectivity index (χ0v) is 11.9. The zero-order chi connectivity index (χ0) is 15.0. The summed E-state index contributed by atoms with van der Waals surface area (Å²) in [4.78, 5) is 17.2. The maximum atomic E-state index is 10.8. The Bertz CT molecular complexity index is 686. The molecule has 2 heterocycles. The first-order valence-corrected chi connectivity index (χ1v) is 6.65. The van der Waals surface area contributed by atoms with Crippen molar-refractivity contribution < 1.29 is 4.74 Å². The lowest BCUT2D eigenvalue weighted by atomic mass is 10.0. The van der Waals surface area contributed by atoms with Gasteiger partial charge in [-0.05, 0) is 37.2 Å². The Morgan fingerprint density at radius 3 is 2.86 bits per heavy atom. The average Bonchev–Trinajstić information content (AvgIpc) is 2.47. The zero-order valence-electron chi connectivity index (χ0n) is 11.9. The molecule has 0 unspecified atom stereocenters. The molecule has 0 spiro atoms. The first-order chi connectivity index (χ1) is 10.00. The molecular formula is C15H16N4O2. The van der Waals surface area contributed by atoms with Gasteiger partial charge in [0, 0.05) is 12.3 Å². The molecule has 6 heteroatoms. The predicted octanol–water partition coefficient (Wildman–Crippen LogP) is 3.37. The van der Waals surface area contributed by atoms with Crippen molar-refractivity contribution in [3.05, 3.63) is 41.4 Å². The molecule has 21 heavy (non-hydrogen) atoms. The average molecular weight is 284 g/mol. The van der Waals surface area contributed by atoms with Crippen LogP contribution in [0, 0.1) is 4.91 Å². The van der Waals surface area contributed by atoms with E-state index in [1.165, 1.54) is 0 Å². The summed E-state index contributed by atoms with van der Waals surface area (Å²) < 4.78 is 5.94. The maximum absolute atomic E-state index is 10.8. The van der Waals surface area contributed by atoms with Crippen LogP contribution in [0.2, 0.25) is 0 Å². The summed E-state index contributed by atoms with van der Waals surface area (Å²) in [7, 11) is 0. The standard InChI is InChI=1S/C15H16N4O2/c1-15(2)9-19(14-5-3-4-6-17-14)12-7-10(16)11(18-20)8-13(12)21-15/h3-8H,9,16H2,1-2H3. The van der Waals surface area contributed by atoms with Gasteiger partial charge in [-0.15, -0.1) is 4.91 Å². The molecule has 1 aromatic carbocycles. The second-order valence-electron chi connectivity index (χ2n) is 5.61. The van der Waals surface area contributed by atoms with Crippen LogP contribution in [0.1, 0.15) is 13.8 Å². The normalized spacial score (nSPS) is 16.0. The fourth-order valence-electron chi connectivity index (χ4n) is 2.46. The van der Waals surface area contributed by atoms with E-state index in [0.29, 0.717) is 18.0 Å². The number of aromatic nitrogens is 1. The SMILES string of the molecule is CC1(C)CN(c2ccccn2)c2cc(N)c(N=O)cc2O1. The van der Waals surface area contributed by atoms with Gasteiger partial charge in [0.25, 0.3) is 0 Å². The molecule has 1 aromatic heterocycles. The van der Waals surface area contributed by atoms with Crippen molar-refractivity contribution in [1.82, 2.24) is 4.98 Å². The number of nitrogen functional groups attached to an aromatic ring is 1. The fraction of sp³-hybridized carbons (Fsp3) is 0.267. The second kappa shape index (κ2) is 4.73. The van der Waals surface area contributed by atoms with Crippen molar-refractivity contribution in [2.75, 3.05) is 17.2 Å². The van der Waals surface area contributed by atoms with Gasteiger partial charge in [0.1, 0.15) is 22.9 Å². The van der Waals surface area contributed by atoms with Gasteiger partial charge in [0.2, 0.25) is 0 Å². The summed E-state index contributed by atoms with van der Waals surface area (Å²) in [5, 5.41) is 2.93. The van der Waals surface area contributed by atoms with E-state index in [1.54, 1.807) is 18.3 Å². The maximum Gasteiger partial charge on any atom is 0.146 e. The van der Waals surface area contributed by atoms with Crippen LogP contribution >= 0.6 is 0 Å². The number of fused-ring (bicyclic) bond motifs is 1. The minimum atomic E-state index is -0.416. The molecule has 0 amide bonds. The van der Waals surface area contributed by atoms with E-state index in [1.807, 2.05) is 36.9 Å². The van der Waals surface area contributed by atoms with Crippen molar-refractivity contribution in [1.29, 1.82) is 0 Å². The molecule has 0 aliphatic carbocycles. The van der Waals surface area contributed by atoms with Crippen molar-refractivity contribution in [3.63, 3.8) is 0 Å². The lowest BCUT2D eigenvalue weighted by Gasteiger charge is -2.40. The van der Waals surface area contributed by atoms with Crippen LogP contribution in [0.15, 0.2) is 41.7 Å². The van der Waals surface area contributed by atoms with Gasteiger partial charge in [-0.3, -0.25) is 0 Å². The molecule has 1 aliphatic rings. The molecule has 1 aliphatic heterocycles. The number of rotatable bonds is 2. The Hall–Kier alpha value is -2.63. The highest BCUT2D eigenvalue weighted by molar-refractivity contribution is 5.79. The van der Waals surface area contributed by atoms with Gasteiger partial charge in [0.05, 0.1) is 17.9 Å². The number of anilines is 3. The molecule has 0 fully saturated rings. The minimum absolute atomic E-state index is 0.187. The van der Waals surface area contributed by atoms with E-state index in [0.717, 1.165) is 11.5 Å². The van der Waals surface area contributed by atoms with Gasteiger partial charge in [0.15, 0.2) is 0 Å². The smallest absolute Gasteiger partial charge is 0.146 e. The summed E-state index contributed by atoms with van der Waals surface area (Å²) in [5.41, 5.74) is 6.75. The highest BCUT2D eigenvalue weighted by Crippen LogP contribution is 2.44. The molecule has 2 N–H and O–H groups in total. The van der Waals surface area contributed by atoms with E-state index in [4.69, 9.17) is 10.5 Å². The Balaban J connectivity index is 2.16. The molecule has 0 bridgehead atoms. The Morgan fingerprint density at radius 1 is 1.38 bits per heavy atom. The summed E-state index contributed by atoms with van der Waals surface area (Å²) in [6, 6.07) is 9.00. The van der Waals surface area contributed by atoms with Gasteiger partial charge in [-0.25, -0.2) is 4.98 Å². The largest absolute Gasteiger partial charge is 0.484 e. The molecule has 0 atom stereocenters. The topological polar surface area (TPSA) is 80.8 Å². The molecule has 0 saturated heterocycles. The Morgan fingerprint density at radius 2 is 2.19 bits per heavy atom. The molecule has 108 valence electrons. The number of ether oxygens (including phenoxy) is 1. The van der Waals surface area contributed by atoms with E-state index in [-0.39, 0.29) is 5.69 Å². The molecule has 3 rings (SSSR count). The molecule has 0 saturated carbocycles. The van der Waals surface area contributed by atoms with E-state index in [9.17, 15) is 4.91 Å². The number of hydrogen-bond acceptors (Lipinski definition) is 6. The molecule has 6 nitrogen and oxygen atoms in total. The number of pyridine rings is 1. The number of benzene rings is 1. The van der Waals surface area contributed by atoms with Crippen molar-refractivity contribution >= 4 is 22.9 Å². The van der Waals surface area contributed by atoms with E-state index < -0.39 is 5.60 Å². The van der Waals surface area contributed by atoms with E-state index >= 15 is 0 Å². The van der Waals surface area contributed by atoms with Crippen LogP contribution in [-0.2, 0) is 0 Å². The van der Waals surface area contributed by atoms with Crippen LogP contribution in [0.5, 0.6) is 5.75 Å². The lowest BCUT2D eigenvalue weighted by molar-refractivity contribution is 0.109. The first-order valence-electron chi connectivity index (χ1n) is 6.65. The summed E-state index contributed by atoms with van der Waals surface area (Å²) in [6.45, 7) is 4.59. The van der Waals surface area contributed by atoms with E-state index in [2.05, 4.69) is 10.2 Å². The highest BCUT2D eigenvalue weighted by atomic mass is 16.5. The summed E-state index contributed by atoms with van der Waals surface area (Å²) in [5.74, 6) is 1.39. The van der Waals surface area contributed by atoms with Gasteiger partial charge in [-0.2, -0.15) is 0 Å². The molecule has 0 radical (unpaired) electrons. The number of nitrogens with two attached hydrogens (primary N) is 1. The second-order valence-corrected chi connectivity index (χ2v) is 5.61. The Labute approximate surface area is 122 Å². The quantitative estimate of drug-likeness (QED) is 0.675.